The highest BCUT2D eigenvalue weighted by Crippen LogP contribution is 2.29. The van der Waals surface area contributed by atoms with Crippen LogP contribution in [0.3, 0.4) is 0 Å². The minimum Gasteiger partial charge on any atom is -0.490 e. The Balaban J connectivity index is 2.08. The van der Waals surface area contributed by atoms with E-state index in [2.05, 4.69) is 27.8 Å². The summed E-state index contributed by atoms with van der Waals surface area (Å²) >= 11 is 9.48. The van der Waals surface area contributed by atoms with Gasteiger partial charge in [-0.05, 0) is 58.7 Å². The number of nitrogens with one attached hydrogen (secondary N) is 1. The molecule has 2 aromatic carbocycles. The molecule has 0 heterocycles. The molecule has 0 spiro atoms. The Kier molecular flexibility index (Phi) is 6.81. The van der Waals surface area contributed by atoms with Gasteiger partial charge in [-0.15, -0.1) is 0 Å². The molecule has 0 bridgehead atoms. The van der Waals surface area contributed by atoms with Crippen molar-refractivity contribution in [3.63, 3.8) is 0 Å². The van der Waals surface area contributed by atoms with Crippen LogP contribution in [-0.2, 0) is 6.54 Å². The number of ether oxygens (including phenoxy) is 2. The molecule has 0 amide bonds. The third-order valence-electron chi connectivity index (χ3n) is 3.08. The van der Waals surface area contributed by atoms with Gasteiger partial charge in [-0.3, -0.25) is 0 Å². The molecule has 0 fully saturated rings. The Morgan fingerprint density at radius 3 is 2.70 bits per heavy atom. The number of hydrogen-bond donors (Lipinski definition) is 1. The molecule has 23 heavy (non-hydrogen) atoms. The maximum absolute atomic E-state index is 6.10. The van der Waals surface area contributed by atoms with Crippen LogP contribution < -0.4 is 14.8 Å². The number of rotatable bonds is 8. The highest BCUT2D eigenvalue weighted by Gasteiger charge is 2.06. The highest BCUT2D eigenvalue weighted by molar-refractivity contribution is 9.10. The highest BCUT2D eigenvalue weighted by atomic mass is 79.9. The van der Waals surface area contributed by atoms with Crippen LogP contribution in [0.1, 0.15) is 12.5 Å². The zero-order valence-corrected chi connectivity index (χ0v) is 15.3. The predicted octanol–water partition coefficient (Wildman–Crippen LogP) is 5.68. The van der Waals surface area contributed by atoms with Crippen molar-refractivity contribution in [1.82, 2.24) is 0 Å². The van der Waals surface area contributed by atoms with Crippen molar-refractivity contribution >= 4 is 33.2 Å². The summed E-state index contributed by atoms with van der Waals surface area (Å²) in [4.78, 5) is 0. The van der Waals surface area contributed by atoms with E-state index < -0.39 is 0 Å². The van der Waals surface area contributed by atoms with Gasteiger partial charge in [-0.25, -0.2) is 0 Å². The first-order valence-corrected chi connectivity index (χ1v) is 8.49. The molecule has 0 saturated carbocycles. The normalized spacial score (nSPS) is 10.2. The monoisotopic (exact) mass is 395 g/mol. The summed E-state index contributed by atoms with van der Waals surface area (Å²) in [6.45, 7) is 7.31. The largest absolute Gasteiger partial charge is 0.490 e. The van der Waals surface area contributed by atoms with Gasteiger partial charge in [0.05, 0.1) is 11.6 Å². The lowest BCUT2D eigenvalue weighted by molar-refractivity contribution is 0.296. The van der Waals surface area contributed by atoms with E-state index in [1.165, 1.54) is 0 Å². The van der Waals surface area contributed by atoms with Gasteiger partial charge >= 0.3 is 0 Å². The Morgan fingerprint density at radius 2 is 2.00 bits per heavy atom. The van der Waals surface area contributed by atoms with Gasteiger partial charge in [0, 0.05) is 16.7 Å². The van der Waals surface area contributed by atoms with E-state index in [-0.39, 0.29) is 0 Å². The number of halogens is 2. The summed E-state index contributed by atoms with van der Waals surface area (Å²) < 4.78 is 12.1. The number of hydrogen-bond acceptors (Lipinski definition) is 3. The van der Waals surface area contributed by atoms with E-state index in [0.29, 0.717) is 24.8 Å². The molecule has 2 aromatic rings. The van der Waals surface area contributed by atoms with E-state index in [4.69, 9.17) is 21.1 Å². The summed E-state index contributed by atoms with van der Waals surface area (Å²) in [5, 5.41) is 4.02. The summed E-state index contributed by atoms with van der Waals surface area (Å²) in [6, 6.07) is 11.7. The third kappa shape index (κ3) is 5.19. The molecule has 2 rings (SSSR count). The van der Waals surface area contributed by atoms with Crippen LogP contribution in [0.15, 0.2) is 53.5 Å². The lowest BCUT2D eigenvalue weighted by atomic mass is 10.2. The standard InChI is InChI=1S/C18H19BrClNO2/c1-3-9-23-17-8-5-13(10-18(17)22-4-2)12-21-14-6-7-15(19)16(20)11-14/h3,5-8,10-11,21H,1,4,9,12H2,2H3. The summed E-state index contributed by atoms with van der Waals surface area (Å²) in [7, 11) is 0. The van der Waals surface area contributed by atoms with Crippen LogP contribution in [0.25, 0.3) is 0 Å². The van der Waals surface area contributed by atoms with E-state index in [1.807, 2.05) is 43.3 Å². The molecule has 0 atom stereocenters. The van der Waals surface area contributed by atoms with Crippen LogP contribution in [-0.4, -0.2) is 13.2 Å². The smallest absolute Gasteiger partial charge is 0.161 e. The number of benzene rings is 2. The lowest BCUT2D eigenvalue weighted by Crippen LogP contribution is -2.03. The van der Waals surface area contributed by atoms with Gasteiger partial charge in [0.1, 0.15) is 6.61 Å². The number of anilines is 1. The Labute approximate surface area is 150 Å². The molecule has 0 saturated heterocycles. The first-order valence-electron chi connectivity index (χ1n) is 7.32. The van der Waals surface area contributed by atoms with Crippen LogP contribution in [0, 0.1) is 0 Å². The molecule has 0 aliphatic rings. The molecule has 0 aliphatic carbocycles. The molecule has 0 radical (unpaired) electrons. The third-order valence-corrected chi connectivity index (χ3v) is 4.31. The zero-order chi connectivity index (χ0) is 16.7. The summed E-state index contributed by atoms with van der Waals surface area (Å²) in [5.41, 5.74) is 2.06. The van der Waals surface area contributed by atoms with Crippen molar-refractivity contribution < 1.29 is 9.47 Å². The lowest BCUT2D eigenvalue weighted by Gasteiger charge is -2.13. The second-order valence-electron chi connectivity index (χ2n) is 4.80. The quantitative estimate of drug-likeness (QED) is 0.582. The minimum atomic E-state index is 0.453. The molecular weight excluding hydrogens is 378 g/mol. The van der Waals surface area contributed by atoms with Crippen molar-refractivity contribution in [3.05, 3.63) is 64.1 Å². The van der Waals surface area contributed by atoms with Crippen molar-refractivity contribution in [2.75, 3.05) is 18.5 Å². The summed E-state index contributed by atoms with van der Waals surface area (Å²) in [6.07, 6.45) is 1.71. The van der Waals surface area contributed by atoms with E-state index >= 15 is 0 Å². The fourth-order valence-electron chi connectivity index (χ4n) is 2.01. The van der Waals surface area contributed by atoms with Gasteiger partial charge in [-0.1, -0.05) is 30.3 Å². The van der Waals surface area contributed by atoms with Crippen molar-refractivity contribution in [1.29, 1.82) is 0 Å². The van der Waals surface area contributed by atoms with Crippen molar-refractivity contribution in [2.24, 2.45) is 0 Å². The molecule has 1 N–H and O–H groups in total. The van der Waals surface area contributed by atoms with E-state index in [9.17, 15) is 0 Å². The van der Waals surface area contributed by atoms with Gasteiger partial charge in [0.25, 0.3) is 0 Å². The first-order chi connectivity index (χ1) is 11.1. The van der Waals surface area contributed by atoms with Crippen molar-refractivity contribution in [3.8, 4) is 11.5 Å². The molecule has 122 valence electrons. The second kappa shape index (κ2) is 8.85. The molecular formula is C18H19BrClNO2. The first kappa shape index (κ1) is 17.7. The Hall–Kier alpha value is -1.65. The minimum absolute atomic E-state index is 0.453. The maximum Gasteiger partial charge on any atom is 0.161 e. The average Bonchev–Trinajstić information content (AvgIpc) is 2.55. The van der Waals surface area contributed by atoms with Crippen LogP contribution >= 0.6 is 27.5 Å². The second-order valence-corrected chi connectivity index (χ2v) is 6.06. The van der Waals surface area contributed by atoms with Gasteiger partial charge < -0.3 is 14.8 Å². The zero-order valence-electron chi connectivity index (χ0n) is 12.9. The average molecular weight is 397 g/mol. The summed E-state index contributed by atoms with van der Waals surface area (Å²) in [5.74, 6) is 1.46. The van der Waals surface area contributed by atoms with Crippen molar-refractivity contribution in [2.45, 2.75) is 13.5 Å². The molecule has 0 aromatic heterocycles. The van der Waals surface area contributed by atoms with Gasteiger partial charge in [-0.2, -0.15) is 0 Å². The van der Waals surface area contributed by atoms with Gasteiger partial charge in [0.2, 0.25) is 0 Å². The van der Waals surface area contributed by atoms with Crippen LogP contribution in [0.4, 0.5) is 5.69 Å². The predicted molar refractivity (Wildman–Crippen MR) is 99.8 cm³/mol. The Morgan fingerprint density at radius 1 is 1.17 bits per heavy atom. The molecule has 0 aliphatic heterocycles. The van der Waals surface area contributed by atoms with Gasteiger partial charge in [0.15, 0.2) is 11.5 Å². The fourth-order valence-corrected chi connectivity index (χ4v) is 2.44. The SMILES string of the molecule is C=CCOc1ccc(CNc2ccc(Br)c(Cl)c2)cc1OCC. The molecule has 5 heteroatoms. The molecule has 3 nitrogen and oxygen atoms in total. The van der Waals surface area contributed by atoms with E-state index in [1.54, 1.807) is 6.08 Å². The Bertz CT molecular complexity index is 676. The van der Waals surface area contributed by atoms with Crippen LogP contribution in [0.2, 0.25) is 5.02 Å². The van der Waals surface area contributed by atoms with Crippen LogP contribution in [0.5, 0.6) is 11.5 Å². The van der Waals surface area contributed by atoms with E-state index in [0.717, 1.165) is 27.2 Å². The fraction of sp³-hybridized carbons (Fsp3) is 0.222. The topological polar surface area (TPSA) is 30.5 Å². The molecule has 0 unspecified atom stereocenters. The maximum atomic E-state index is 6.10.